The Balaban J connectivity index is 2.24. The van der Waals surface area contributed by atoms with Crippen LogP contribution in [0.25, 0.3) is 0 Å². The molecule has 2 unspecified atom stereocenters. The highest BCUT2D eigenvalue weighted by Gasteiger charge is 2.27. The maximum absolute atomic E-state index is 4.59. The number of aryl methyl sites for hydroxylation is 2. The molecule has 3 nitrogen and oxygen atoms in total. The van der Waals surface area contributed by atoms with Crippen molar-refractivity contribution in [1.82, 2.24) is 10.3 Å². The summed E-state index contributed by atoms with van der Waals surface area (Å²) >= 11 is 0. The van der Waals surface area contributed by atoms with Crippen molar-refractivity contribution in [3.05, 3.63) is 23.5 Å². The Hall–Kier alpha value is -1.09. The van der Waals surface area contributed by atoms with Crippen molar-refractivity contribution in [2.24, 2.45) is 5.92 Å². The lowest BCUT2D eigenvalue weighted by Gasteiger charge is -2.42. The highest BCUT2D eigenvalue weighted by Crippen LogP contribution is 2.24. The molecule has 1 saturated heterocycles. The minimum absolute atomic E-state index is 0.531. The maximum Gasteiger partial charge on any atom is 0.0609 e. The van der Waals surface area contributed by atoms with Crippen LogP contribution in [0.4, 0.5) is 5.69 Å². The van der Waals surface area contributed by atoms with Gasteiger partial charge in [0.2, 0.25) is 0 Å². The van der Waals surface area contributed by atoms with Gasteiger partial charge < -0.3 is 10.2 Å². The molecule has 2 heterocycles. The zero-order chi connectivity index (χ0) is 13.3. The summed E-state index contributed by atoms with van der Waals surface area (Å²) in [7, 11) is 0. The third kappa shape index (κ3) is 2.66. The summed E-state index contributed by atoms with van der Waals surface area (Å²) in [6.45, 7) is 13.1. The van der Waals surface area contributed by atoms with Gasteiger partial charge in [-0.25, -0.2) is 0 Å². The molecule has 1 aliphatic rings. The third-order valence-electron chi connectivity index (χ3n) is 3.91. The molecule has 0 spiro atoms. The normalized spacial score (nSPS) is 24.7. The molecule has 0 amide bonds. The van der Waals surface area contributed by atoms with E-state index in [1.807, 2.05) is 0 Å². The zero-order valence-corrected chi connectivity index (χ0v) is 12.2. The quantitative estimate of drug-likeness (QED) is 0.870. The first-order valence-corrected chi connectivity index (χ1v) is 6.93. The van der Waals surface area contributed by atoms with Crippen LogP contribution in [0.5, 0.6) is 0 Å². The van der Waals surface area contributed by atoms with Gasteiger partial charge in [-0.3, -0.25) is 4.98 Å². The van der Waals surface area contributed by atoms with E-state index in [9.17, 15) is 0 Å². The van der Waals surface area contributed by atoms with E-state index < -0.39 is 0 Å². The monoisotopic (exact) mass is 247 g/mol. The SMILES string of the molecule is Cc1ccc(N2CC(C(C)C)NCC2C)c(C)n1. The average molecular weight is 247 g/mol. The molecular formula is C15H25N3. The second kappa shape index (κ2) is 5.27. The van der Waals surface area contributed by atoms with Crippen molar-refractivity contribution in [3.8, 4) is 0 Å². The van der Waals surface area contributed by atoms with Crippen LogP contribution in [-0.4, -0.2) is 30.2 Å². The van der Waals surface area contributed by atoms with E-state index in [0.29, 0.717) is 18.0 Å². The molecule has 0 aliphatic carbocycles. The minimum atomic E-state index is 0.531. The van der Waals surface area contributed by atoms with Crippen molar-refractivity contribution >= 4 is 5.69 Å². The van der Waals surface area contributed by atoms with Gasteiger partial charge in [0, 0.05) is 30.9 Å². The fourth-order valence-corrected chi connectivity index (χ4v) is 2.65. The molecule has 1 N–H and O–H groups in total. The molecule has 1 aromatic rings. The first kappa shape index (κ1) is 13.3. The van der Waals surface area contributed by atoms with Gasteiger partial charge in [-0.2, -0.15) is 0 Å². The first-order valence-electron chi connectivity index (χ1n) is 6.93. The second-order valence-corrected chi connectivity index (χ2v) is 5.82. The summed E-state index contributed by atoms with van der Waals surface area (Å²) in [5, 5.41) is 3.64. The lowest BCUT2D eigenvalue weighted by atomic mass is 9.99. The molecule has 1 aliphatic heterocycles. The van der Waals surface area contributed by atoms with Crippen LogP contribution in [0.3, 0.4) is 0 Å². The lowest BCUT2D eigenvalue weighted by Crippen LogP contribution is -2.57. The Morgan fingerprint density at radius 3 is 2.67 bits per heavy atom. The number of hydrogen-bond acceptors (Lipinski definition) is 3. The van der Waals surface area contributed by atoms with Gasteiger partial charge in [0.25, 0.3) is 0 Å². The fourth-order valence-electron chi connectivity index (χ4n) is 2.65. The number of nitrogens with one attached hydrogen (secondary N) is 1. The van der Waals surface area contributed by atoms with Crippen molar-refractivity contribution in [1.29, 1.82) is 0 Å². The number of anilines is 1. The molecule has 0 saturated carbocycles. The summed E-state index contributed by atoms with van der Waals surface area (Å²) < 4.78 is 0. The van der Waals surface area contributed by atoms with E-state index in [0.717, 1.165) is 24.5 Å². The van der Waals surface area contributed by atoms with Crippen molar-refractivity contribution in [2.75, 3.05) is 18.0 Å². The van der Waals surface area contributed by atoms with Crippen LogP contribution in [-0.2, 0) is 0 Å². The summed E-state index contributed by atoms with van der Waals surface area (Å²) in [4.78, 5) is 7.09. The van der Waals surface area contributed by atoms with Crippen molar-refractivity contribution in [2.45, 2.75) is 46.7 Å². The summed E-state index contributed by atoms with van der Waals surface area (Å²) in [6.07, 6.45) is 0. The second-order valence-electron chi connectivity index (χ2n) is 5.82. The molecule has 2 rings (SSSR count). The van der Waals surface area contributed by atoms with Gasteiger partial charge in [0.05, 0.1) is 11.4 Å². The van der Waals surface area contributed by atoms with Crippen LogP contribution in [0.1, 0.15) is 32.2 Å². The van der Waals surface area contributed by atoms with Crippen LogP contribution in [0.2, 0.25) is 0 Å². The molecule has 2 atom stereocenters. The maximum atomic E-state index is 4.59. The molecule has 100 valence electrons. The number of nitrogens with zero attached hydrogens (tertiary/aromatic N) is 2. The largest absolute Gasteiger partial charge is 0.365 e. The van der Waals surface area contributed by atoms with Gasteiger partial charge in [0.15, 0.2) is 0 Å². The van der Waals surface area contributed by atoms with E-state index in [1.54, 1.807) is 0 Å². The molecular weight excluding hydrogens is 222 g/mol. The van der Waals surface area contributed by atoms with Crippen molar-refractivity contribution in [3.63, 3.8) is 0 Å². The average Bonchev–Trinajstić information content (AvgIpc) is 2.30. The summed E-state index contributed by atoms with van der Waals surface area (Å²) in [5.74, 6) is 0.665. The van der Waals surface area contributed by atoms with Crippen LogP contribution in [0.15, 0.2) is 12.1 Å². The molecule has 18 heavy (non-hydrogen) atoms. The summed E-state index contributed by atoms with van der Waals surface area (Å²) in [5.41, 5.74) is 3.53. The molecule has 0 bridgehead atoms. The molecule has 0 radical (unpaired) electrons. The van der Waals surface area contributed by atoms with E-state index in [4.69, 9.17) is 0 Å². The number of aromatic nitrogens is 1. The van der Waals surface area contributed by atoms with Crippen LogP contribution >= 0.6 is 0 Å². The Labute approximate surface area is 111 Å². The number of piperazine rings is 1. The molecule has 3 heteroatoms. The molecule has 1 fully saturated rings. The van der Waals surface area contributed by atoms with Crippen molar-refractivity contribution < 1.29 is 0 Å². The van der Waals surface area contributed by atoms with E-state index in [2.05, 4.69) is 62.0 Å². The van der Waals surface area contributed by atoms with E-state index in [1.165, 1.54) is 5.69 Å². The summed E-state index contributed by atoms with van der Waals surface area (Å²) in [6, 6.07) is 5.43. The first-order chi connectivity index (χ1) is 8.49. The Bertz CT molecular complexity index is 414. The van der Waals surface area contributed by atoms with E-state index in [-0.39, 0.29) is 0 Å². The zero-order valence-electron chi connectivity index (χ0n) is 12.2. The van der Waals surface area contributed by atoms with Gasteiger partial charge in [-0.1, -0.05) is 13.8 Å². The Morgan fingerprint density at radius 2 is 2.06 bits per heavy atom. The van der Waals surface area contributed by atoms with Gasteiger partial charge in [0.1, 0.15) is 0 Å². The predicted molar refractivity (Wildman–Crippen MR) is 77.1 cm³/mol. The molecule has 0 aromatic carbocycles. The highest BCUT2D eigenvalue weighted by molar-refractivity contribution is 5.52. The topological polar surface area (TPSA) is 28.2 Å². The number of hydrogen-bond donors (Lipinski definition) is 1. The van der Waals surface area contributed by atoms with Gasteiger partial charge >= 0.3 is 0 Å². The molecule has 1 aromatic heterocycles. The Kier molecular flexibility index (Phi) is 3.91. The van der Waals surface area contributed by atoms with Gasteiger partial charge in [-0.15, -0.1) is 0 Å². The van der Waals surface area contributed by atoms with Crippen LogP contribution in [0, 0.1) is 19.8 Å². The lowest BCUT2D eigenvalue weighted by molar-refractivity contribution is 0.336. The van der Waals surface area contributed by atoms with E-state index >= 15 is 0 Å². The number of rotatable bonds is 2. The Morgan fingerprint density at radius 1 is 1.33 bits per heavy atom. The minimum Gasteiger partial charge on any atom is -0.365 e. The highest BCUT2D eigenvalue weighted by atomic mass is 15.2. The third-order valence-corrected chi connectivity index (χ3v) is 3.91. The van der Waals surface area contributed by atoms with Gasteiger partial charge in [-0.05, 0) is 38.8 Å². The van der Waals surface area contributed by atoms with Crippen LogP contribution < -0.4 is 10.2 Å². The number of pyridine rings is 1. The fraction of sp³-hybridized carbons (Fsp3) is 0.667. The predicted octanol–water partition coefficient (Wildman–Crippen LogP) is 2.52. The standard InChI is InChI=1S/C15H25N3/c1-10(2)14-9-18(12(4)8-16-14)15-7-6-11(3)17-13(15)5/h6-7,10,12,14,16H,8-9H2,1-5H3. The smallest absolute Gasteiger partial charge is 0.0609 e.